The minimum atomic E-state index is -0.0231. The number of amides is 1. The van der Waals surface area contributed by atoms with Gasteiger partial charge in [-0.25, -0.2) is 9.97 Å². The molecule has 7 nitrogen and oxygen atoms in total. The van der Waals surface area contributed by atoms with Gasteiger partial charge in [0.2, 0.25) is 11.9 Å². The maximum absolute atomic E-state index is 13.2. The van der Waals surface area contributed by atoms with Crippen LogP contribution < -0.4 is 9.64 Å². The van der Waals surface area contributed by atoms with Crippen LogP contribution >= 0.6 is 0 Å². The number of fused-ring (bicyclic) bond motifs is 1. The zero-order valence-corrected chi connectivity index (χ0v) is 18.3. The predicted octanol–water partition coefficient (Wildman–Crippen LogP) is 3.19. The molecular weight excluding hydrogens is 380 g/mol. The molecular formula is C23H32N4O3. The van der Waals surface area contributed by atoms with Gasteiger partial charge in [0.15, 0.2) is 0 Å². The molecule has 7 heteroatoms. The fourth-order valence-corrected chi connectivity index (χ4v) is 4.55. The van der Waals surface area contributed by atoms with Crippen molar-refractivity contribution < 1.29 is 14.3 Å². The molecule has 0 saturated carbocycles. The Kier molecular flexibility index (Phi) is 6.37. The monoisotopic (exact) mass is 412 g/mol. The van der Waals surface area contributed by atoms with Gasteiger partial charge in [-0.05, 0) is 51.7 Å². The van der Waals surface area contributed by atoms with Gasteiger partial charge in [-0.3, -0.25) is 4.79 Å². The number of carbonyl (C=O) groups excluding carboxylic acids is 1. The van der Waals surface area contributed by atoms with Gasteiger partial charge >= 0.3 is 0 Å². The van der Waals surface area contributed by atoms with Crippen LogP contribution in [0.3, 0.4) is 0 Å². The van der Waals surface area contributed by atoms with Gasteiger partial charge in [0, 0.05) is 44.2 Å². The van der Waals surface area contributed by atoms with E-state index in [9.17, 15) is 4.79 Å². The van der Waals surface area contributed by atoms with Crippen molar-refractivity contribution >= 4 is 22.8 Å². The summed E-state index contributed by atoms with van der Waals surface area (Å²) in [5.74, 6) is 1.70. The van der Waals surface area contributed by atoms with Crippen molar-refractivity contribution in [2.75, 3.05) is 44.8 Å². The molecule has 30 heavy (non-hydrogen) atoms. The Labute approximate surface area is 178 Å². The third-order valence-corrected chi connectivity index (χ3v) is 6.28. The van der Waals surface area contributed by atoms with Crippen LogP contribution in [0.25, 0.3) is 10.9 Å². The summed E-state index contributed by atoms with van der Waals surface area (Å²) in [6.07, 6.45) is 4.21. The van der Waals surface area contributed by atoms with Gasteiger partial charge in [0.05, 0.1) is 30.3 Å². The Morgan fingerprint density at radius 1 is 1.30 bits per heavy atom. The summed E-state index contributed by atoms with van der Waals surface area (Å²) in [5.41, 5.74) is 1.82. The molecule has 2 aromatic rings. The maximum atomic E-state index is 13.2. The van der Waals surface area contributed by atoms with E-state index < -0.39 is 0 Å². The van der Waals surface area contributed by atoms with Gasteiger partial charge < -0.3 is 19.3 Å². The standard InChI is InChI=1S/C23H32N4O3/c1-4-26(15-19-8-6-12-30-19)22(28)17-7-5-11-27(14-17)23-24-16(2)20-10-9-18(29-3)13-21(20)25-23/h9-10,13,17,19H,4-8,11-12,14-15H2,1-3H3/t17-,19+/m0/s1. The van der Waals surface area contributed by atoms with Crippen LogP contribution in [0, 0.1) is 12.8 Å². The number of carbonyl (C=O) groups is 1. The first-order valence-corrected chi connectivity index (χ1v) is 11.1. The molecule has 162 valence electrons. The van der Waals surface area contributed by atoms with Crippen molar-refractivity contribution in [2.45, 2.75) is 45.6 Å². The molecule has 0 unspecified atom stereocenters. The lowest BCUT2D eigenvalue weighted by Crippen LogP contribution is -2.47. The molecule has 4 rings (SSSR count). The zero-order valence-electron chi connectivity index (χ0n) is 18.3. The Morgan fingerprint density at radius 2 is 2.17 bits per heavy atom. The maximum Gasteiger partial charge on any atom is 0.227 e. The van der Waals surface area contributed by atoms with Crippen LogP contribution in [0.2, 0.25) is 0 Å². The average Bonchev–Trinajstić information content (AvgIpc) is 3.30. The summed E-state index contributed by atoms with van der Waals surface area (Å²) in [4.78, 5) is 26.9. The Balaban J connectivity index is 1.51. The molecule has 0 aliphatic carbocycles. The fraction of sp³-hybridized carbons (Fsp3) is 0.609. The topological polar surface area (TPSA) is 67.8 Å². The van der Waals surface area contributed by atoms with Crippen molar-refractivity contribution in [3.63, 3.8) is 0 Å². The number of hydrogen-bond donors (Lipinski definition) is 0. The smallest absolute Gasteiger partial charge is 0.227 e. The number of nitrogens with zero attached hydrogens (tertiary/aromatic N) is 4. The Hall–Kier alpha value is -2.41. The highest BCUT2D eigenvalue weighted by Gasteiger charge is 2.31. The number of likely N-dealkylation sites (N-methyl/N-ethyl adjacent to an activating group) is 1. The largest absolute Gasteiger partial charge is 0.497 e. The fourth-order valence-electron chi connectivity index (χ4n) is 4.55. The molecule has 2 aliphatic heterocycles. The molecule has 1 amide bonds. The molecule has 2 saturated heterocycles. The number of rotatable bonds is 6. The first kappa shape index (κ1) is 20.8. The minimum Gasteiger partial charge on any atom is -0.497 e. The minimum absolute atomic E-state index is 0.0231. The van der Waals surface area contributed by atoms with Crippen molar-refractivity contribution in [3.05, 3.63) is 23.9 Å². The number of methoxy groups -OCH3 is 1. The van der Waals surface area contributed by atoms with Crippen molar-refractivity contribution in [3.8, 4) is 5.75 Å². The van der Waals surface area contributed by atoms with Gasteiger partial charge in [-0.1, -0.05) is 0 Å². The molecule has 0 radical (unpaired) electrons. The zero-order chi connectivity index (χ0) is 21.1. The van der Waals surface area contributed by atoms with E-state index in [2.05, 4.69) is 11.8 Å². The number of benzene rings is 1. The second-order valence-corrected chi connectivity index (χ2v) is 8.29. The second-order valence-electron chi connectivity index (χ2n) is 8.29. The van der Waals surface area contributed by atoms with Crippen LogP contribution in [0.5, 0.6) is 5.75 Å². The summed E-state index contributed by atoms with van der Waals surface area (Å²) in [6, 6.07) is 5.88. The highest BCUT2D eigenvalue weighted by molar-refractivity contribution is 5.83. The van der Waals surface area contributed by atoms with E-state index in [1.807, 2.05) is 30.0 Å². The molecule has 3 heterocycles. The van der Waals surface area contributed by atoms with Gasteiger partial charge in [-0.2, -0.15) is 0 Å². The van der Waals surface area contributed by atoms with Crippen LogP contribution in [0.15, 0.2) is 18.2 Å². The quantitative estimate of drug-likeness (QED) is 0.726. The lowest BCUT2D eigenvalue weighted by Gasteiger charge is -2.35. The highest BCUT2D eigenvalue weighted by Crippen LogP contribution is 2.27. The van der Waals surface area contributed by atoms with E-state index in [4.69, 9.17) is 19.4 Å². The van der Waals surface area contributed by atoms with Gasteiger partial charge in [0.25, 0.3) is 0 Å². The highest BCUT2D eigenvalue weighted by atomic mass is 16.5. The second kappa shape index (κ2) is 9.16. The van der Waals surface area contributed by atoms with E-state index in [-0.39, 0.29) is 17.9 Å². The SMILES string of the molecule is CCN(C[C@H]1CCCO1)C(=O)[C@H]1CCCN(c2nc(C)c3ccc(OC)cc3n2)C1. The van der Waals surface area contributed by atoms with Crippen molar-refractivity contribution in [1.29, 1.82) is 0 Å². The number of ether oxygens (including phenoxy) is 2. The van der Waals surface area contributed by atoms with Crippen LogP contribution in [-0.2, 0) is 9.53 Å². The number of hydrogen-bond acceptors (Lipinski definition) is 6. The van der Waals surface area contributed by atoms with Crippen LogP contribution in [-0.4, -0.2) is 66.8 Å². The molecule has 0 spiro atoms. The van der Waals surface area contributed by atoms with E-state index in [0.29, 0.717) is 19.0 Å². The molecule has 1 aromatic carbocycles. The molecule has 0 N–H and O–H groups in total. The number of piperidine rings is 1. The third-order valence-electron chi connectivity index (χ3n) is 6.28. The van der Waals surface area contributed by atoms with E-state index >= 15 is 0 Å². The molecule has 0 bridgehead atoms. The number of aryl methyl sites for hydroxylation is 1. The van der Waals surface area contributed by atoms with Crippen molar-refractivity contribution in [2.24, 2.45) is 5.92 Å². The van der Waals surface area contributed by atoms with Gasteiger partial charge in [-0.15, -0.1) is 0 Å². The summed E-state index contributed by atoms with van der Waals surface area (Å²) in [7, 11) is 1.66. The van der Waals surface area contributed by atoms with E-state index in [1.54, 1.807) is 7.11 Å². The summed E-state index contributed by atoms with van der Waals surface area (Å²) >= 11 is 0. The molecule has 1 aromatic heterocycles. The van der Waals surface area contributed by atoms with E-state index in [1.165, 1.54) is 0 Å². The normalized spacial score (nSPS) is 21.8. The molecule has 2 aliphatic rings. The first-order chi connectivity index (χ1) is 14.6. The first-order valence-electron chi connectivity index (χ1n) is 11.1. The molecule has 2 atom stereocenters. The Bertz CT molecular complexity index is 897. The van der Waals surface area contributed by atoms with Crippen LogP contribution in [0.1, 0.15) is 38.3 Å². The lowest BCUT2D eigenvalue weighted by atomic mass is 9.96. The number of anilines is 1. The third kappa shape index (κ3) is 4.36. The van der Waals surface area contributed by atoms with Gasteiger partial charge in [0.1, 0.15) is 5.75 Å². The van der Waals surface area contributed by atoms with E-state index in [0.717, 1.165) is 67.7 Å². The summed E-state index contributed by atoms with van der Waals surface area (Å²) < 4.78 is 11.1. The van der Waals surface area contributed by atoms with Crippen LogP contribution in [0.4, 0.5) is 5.95 Å². The predicted molar refractivity (Wildman–Crippen MR) is 117 cm³/mol. The summed E-state index contributed by atoms with van der Waals surface area (Å²) in [5, 5.41) is 1.03. The van der Waals surface area contributed by atoms with Crippen molar-refractivity contribution in [1.82, 2.24) is 14.9 Å². The number of aromatic nitrogens is 2. The molecule has 2 fully saturated rings. The Morgan fingerprint density at radius 3 is 2.90 bits per heavy atom. The summed E-state index contributed by atoms with van der Waals surface area (Å²) in [6.45, 7) is 7.84. The average molecular weight is 413 g/mol. The lowest BCUT2D eigenvalue weighted by molar-refractivity contribution is -0.137.